The summed E-state index contributed by atoms with van der Waals surface area (Å²) < 4.78 is 5.17. The highest BCUT2D eigenvalue weighted by molar-refractivity contribution is 5.87. The fraction of sp³-hybridized carbons (Fsp3) is 0.864. The second-order valence-corrected chi connectivity index (χ2v) is 8.12. The van der Waals surface area contributed by atoms with E-state index in [1.165, 1.54) is 51.4 Å². The van der Waals surface area contributed by atoms with Crippen LogP contribution >= 0.6 is 0 Å². The van der Waals surface area contributed by atoms with Gasteiger partial charge in [0.2, 0.25) is 5.91 Å². The van der Waals surface area contributed by atoms with Gasteiger partial charge in [0, 0.05) is 6.42 Å². The van der Waals surface area contributed by atoms with Gasteiger partial charge in [-0.2, -0.15) is 0 Å². The van der Waals surface area contributed by atoms with Crippen molar-refractivity contribution in [2.24, 2.45) is 11.7 Å². The smallest absolute Gasteiger partial charge is 0.326 e. The molecule has 7 nitrogen and oxygen atoms in total. The highest BCUT2D eigenvalue weighted by Gasteiger charge is 2.26. The number of nitrogens with one attached hydrogen (secondary N) is 1. The van der Waals surface area contributed by atoms with Gasteiger partial charge in [-0.3, -0.25) is 9.59 Å². The van der Waals surface area contributed by atoms with Crippen molar-refractivity contribution in [3.05, 3.63) is 0 Å². The molecule has 29 heavy (non-hydrogen) atoms. The monoisotopic (exact) mass is 414 g/mol. The Morgan fingerprint density at radius 3 is 1.97 bits per heavy atom. The Hall–Kier alpha value is -1.63. The quantitative estimate of drug-likeness (QED) is 0.294. The summed E-state index contributed by atoms with van der Waals surface area (Å²) in [6.45, 7) is 6.65. The lowest BCUT2D eigenvalue weighted by molar-refractivity contribution is -0.146. The van der Waals surface area contributed by atoms with Crippen LogP contribution in [0, 0.1) is 5.92 Å². The summed E-state index contributed by atoms with van der Waals surface area (Å²) in [4.78, 5) is 32.0. The number of esters is 1. The Bertz CT molecular complexity index is 468. The van der Waals surface area contributed by atoms with Crippen LogP contribution in [-0.4, -0.2) is 41.6 Å². The number of amides is 1. The molecule has 170 valence electrons. The maximum Gasteiger partial charge on any atom is 0.326 e. The first-order valence-corrected chi connectivity index (χ1v) is 11.2. The Labute approximate surface area is 176 Å². The topological polar surface area (TPSA) is 119 Å². The Morgan fingerprint density at radius 1 is 1.07 bits per heavy atom. The number of aliphatic carboxylic acids is 1. The predicted molar refractivity (Wildman–Crippen MR) is 114 cm³/mol. The molecule has 0 saturated carbocycles. The molecule has 1 amide bonds. The first kappa shape index (κ1) is 27.4. The summed E-state index contributed by atoms with van der Waals surface area (Å²) >= 11 is 0. The first-order valence-electron chi connectivity index (χ1n) is 11.2. The van der Waals surface area contributed by atoms with E-state index >= 15 is 0 Å². The minimum absolute atomic E-state index is 0.148. The third-order valence-corrected chi connectivity index (χ3v) is 5.03. The number of unbranched alkanes of at least 4 members (excludes halogenated alkanes) is 9. The van der Waals surface area contributed by atoms with Crippen molar-refractivity contribution >= 4 is 17.8 Å². The molecular weight excluding hydrogens is 372 g/mol. The maximum absolute atomic E-state index is 11.5. The van der Waals surface area contributed by atoms with Crippen LogP contribution in [0.2, 0.25) is 0 Å². The average Bonchev–Trinajstić information content (AvgIpc) is 3.12. The summed E-state index contributed by atoms with van der Waals surface area (Å²) in [6, 6.07) is -1.12. The minimum atomic E-state index is -0.944. The van der Waals surface area contributed by atoms with Crippen LogP contribution in [0.15, 0.2) is 0 Å². The molecule has 1 fully saturated rings. The zero-order valence-corrected chi connectivity index (χ0v) is 18.6. The highest BCUT2D eigenvalue weighted by atomic mass is 16.5. The van der Waals surface area contributed by atoms with E-state index in [0.717, 1.165) is 12.8 Å². The van der Waals surface area contributed by atoms with E-state index in [0.29, 0.717) is 19.4 Å². The number of carbonyl (C=O) groups excluding carboxylic acids is 2. The molecule has 0 aliphatic carbocycles. The van der Waals surface area contributed by atoms with E-state index in [2.05, 4.69) is 12.2 Å². The number of carboxylic acids is 1. The SMILES string of the molecule is CCCCCCCCCCCCOC(=O)C(N)C(C)C.O=C1CCC(C(=O)O)N1. The number of hydrogen-bond acceptors (Lipinski definition) is 5. The molecule has 2 atom stereocenters. The average molecular weight is 415 g/mol. The lowest BCUT2D eigenvalue weighted by Crippen LogP contribution is -2.37. The lowest BCUT2D eigenvalue weighted by Gasteiger charge is -2.14. The Kier molecular flexibility index (Phi) is 16.3. The molecule has 0 aromatic carbocycles. The molecule has 0 radical (unpaired) electrons. The van der Waals surface area contributed by atoms with Crippen molar-refractivity contribution in [1.82, 2.24) is 5.32 Å². The van der Waals surface area contributed by atoms with Gasteiger partial charge in [0.15, 0.2) is 0 Å². The van der Waals surface area contributed by atoms with E-state index in [1.54, 1.807) is 0 Å². The van der Waals surface area contributed by atoms with Gasteiger partial charge in [-0.15, -0.1) is 0 Å². The van der Waals surface area contributed by atoms with Gasteiger partial charge in [0.25, 0.3) is 0 Å². The number of nitrogens with two attached hydrogens (primary N) is 1. The van der Waals surface area contributed by atoms with Crippen molar-refractivity contribution in [2.45, 2.75) is 110 Å². The van der Waals surface area contributed by atoms with Crippen molar-refractivity contribution in [3.63, 3.8) is 0 Å². The van der Waals surface area contributed by atoms with Crippen molar-refractivity contribution in [3.8, 4) is 0 Å². The molecular formula is C22H42N2O5. The van der Waals surface area contributed by atoms with Crippen LogP contribution < -0.4 is 11.1 Å². The summed E-state index contributed by atoms with van der Waals surface area (Å²) in [5, 5.41) is 10.6. The second-order valence-electron chi connectivity index (χ2n) is 8.12. The van der Waals surface area contributed by atoms with E-state index in [9.17, 15) is 14.4 Å². The van der Waals surface area contributed by atoms with Crippen LogP contribution in [0.5, 0.6) is 0 Å². The van der Waals surface area contributed by atoms with Gasteiger partial charge < -0.3 is 20.9 Å². The Balaban J connectivity index is 0.000000717. The molecule has 1 heterocycles. The largest absolute Gasteiger partial charge is 0.480 e. The molecule has 1 aliphatic rings. The normalized spacial score (nSPS) is 16.7. The number of ether oxygens (including phenoxy) is 1. The molecule has 1 saturated heterocycles. The lowest BCUT2D eigenvalue weighted by atomic mass is 10.1. The molecule has 0 aromatic rings. The molecule has 1 aliphatic heterocycles. The number of hydrogen-bond donors (Lipinski definition) is 3. The van der Waals surface area contributed by atoms with Crippen LogP contribution in [0.1, 0.15) is 97.8 Å². The molecule has 4 N–H and O–H groups in total. The zero-order chi connectivity index (χ0) is 22.1. The number of rotatable bonds is 14. The fourth-order valence-electron chi connectivity index (χ4n) is 2.93. The highest BCUT2D eigenvalue weighted by Crippen LogP contribution is 2.10. The van der Waals surface area contributed by atoms with Crippen molar-refractivity contribution < 1.29 is 24.2 Å². The summed E-state index contributed by atoms with van der Waals surface area (Å²) in [5.74, 6) is -1.21. The first-order chi connectivity index (χ1) is 13.8. The van der Waals surface area contributed by atoms with E-state index < -0.39 is 18.1 Å². The molecule has 7 heteroatoms. The third kappa shape index (κ3) is 14.9. The molecule has 1 rings (SSSR count). The maximum atomic E-state index is 11.5. The van der Waals surface area contributed by atoms with E-state index in [4.69, 9.17) is 15.6 Å². The molecule has 0 bridgehead atoms. The molecule has 2 unspecified atom stereocenters. The van der Waals surface area contributed by atoms with Gasteiger partial charge >= 0.3 is 11.9 Å². The summed E-state index contributed by atoms with van der Waals surface area (Å²) in [7, 11) is 0. The standard InChI is InChI=1S/C17H35NO2.C5H7NO3/c1-4-5-6-7-8-9-10-11-12-13-14-20-17(19)16(18)15(2)3;7-4-2-1-3(6-4)5(8)9/h15-16H,4-14,18H2,1-3H3;3H,1-2H2,(H,6,7)(H,8,9). The van der Waals surface area contributed by atoms with E-state index in [1.807, 2.05) is 13.8 Å². The third-order valence-electron chi connectivity index (χ3n) is 5.03. The number of carboxylic acid groups (broad SMARTS) is 1. The second kappa shape index (κ2) is 17.2. The summed E-state index contributed by atoms with van der Waals surface area (Å²) in [6.07, 6.45) is 13.6. The van der Waals surface area contributed by atoms with Gasteiger partial charge in [-0.25, -0.2) is 4.79 Å². The number of carbonyl (C=O) groups is 3. The van der Waals surface area contributed by atoms with Gasteiger partial charge in [-0.05, 0) is 18.8 Å². The van der Waals surface area contributed by atoms with Crippen molar-refractivity contribution in [2.75, 3.05) is 6.61 Å². The fourth-order valence-corrected chi connectivity index (χ4v) is 2.93. The molecule has 0 aromatic heterocycles. The Morgan fingerprint density at radius 2 is 1.59 bits per heavy atom. The zero-order valence-electron chi connectivity index (χ0n) is 18.6. The van der Waals surface area contributed by atoms with Crippen LogP contribution in [0.25, 0.3) is 0 Å². The summed E-state index contributed by atoms with van der Waals surface area (Å²) in [5.41, 5.74) is 5.72. The van der Waals surface area contributed by atoms with Gasteiger partial charge in [-0.1, -0.05) is 78.6 Å². The minimum Gasteiger partial charge on any atom is -0.480 e. The van der Waals surface area contributed by atoms with Crippen LogP contribution in [-0.2, 0) is 19.1 Å². The van der Waals surface area contributed by atoms with Gasteiger partial charge in [0.1, 0.15) is 12.1 Å². The van der Waals surface area contributed by atoms with Crippen molar-refractivity contribution in [1.29, 1.82) is 0 Å². The predicted octanol–water partition coefficient (Wildman–Crippen LogP) is 3.78. The van der Waals surface area contributed by atoms with Crippen LogP contribution in [0.3, 0.4) is 0 Å². The molecule has 0 spiro atoms. The van der Waals surface area contributed by atoms with Gasteiger partial charge in [0.05, 0.1) is 6.61 Å². The van der Waals surface area contributed by atoms with Crippen LogP contribution in [0.4, 0.5) is 0 Å². The van der Waals surface area contributed by atoms with E-state index in [-0.39, 0.29) is 17.8 Å².